The van der Waals surface area contributed by atoms with Crippen molar-refractivity contribution < 1.29 is 18.9 Å². The van der Waals surface area contributed by atoms with Crippen LogP contribution < -0.4 is 20.1 Å². The summed E-state index contributed by atoms with van der Waals surface area (Å²) in [6, 6.07) is 15.2. The van der Waals surface area contributed by atoms with Crippen molar-refractivity contribution in [3.05, 3.63) is 70.9 Å². The number of methoxy groups -OCH3 is 2. The second kappa shape index (κ2) is 7.79. The highest BCUT2D eigenvalue weighted by Crippen LogP contribution is 2.45. The monoisotopic (exact) mass is 418 g/mol. The van der Waals surface area contributed by atoms with Gasteiger partial charge in [-0.1, -0.05) is 30.3 Å². The number of rotatable bonds is 4. The number of ketones is 1. The van der Waals surface area contributed by atoms with Crippen LogP contribution in [0.3, 0.4) is 0 Å². The lowest BCUT2D eigenvalue weighted by Crippen LogP contribution is -2.27. The van der Waals surface area contributed by atoms with Crippen LogP contribution in [0.25, 0.3) is 0 Å². The van der Waals surface area contributed by atoms with Crippen molar-refractivity contribution in [3.8, 4) is 11.5 Å². The topological polar surface area (TPSA) is 98.5 Å². The fourth-order valence-electron chi connectivity index (χ4n) is 4.35. The van der Waals surface area contributed by atoms with E-state index in [2.05, 4.69) is 33.1 Å². The van der Waals surface area contributed by atoms with Gasteiger partial charge in [0, 0.05) is 29.3 Å². The summed E-state index contributed by atoms with van der Waals surface area (Å²) in [5.41, 5.74) is 3.42. The molecule has 1 aliphatic carbocycles. The number of anilines is 2. The molecule has 0 radical (unpaired) electrons. The number of nitrogens with zero attached hydrogens (tertiary/aromatic N) is 2. The number of ether oxygens (including phenoxy) is 2. The molecule has 3 aromatic rings. The highest BCUT2D eigenvalue weighted by Gasteiger charge is 2.38. The Morgan fingerprint density at radius 3 is 2.58 bits per heavy atom. The predicted molar refractivity (Wildman–Crippen MR) is 114 cm³/mol. The van der Waals surface area contributed by atoms with Gasteiger partial charge in [0.15, 0.2) is 5.78 Å². The molecule has 0 saturated carbocycles. The van der Waals surface area contributed by atoms with Crippen molar-refractivity contribution in [1.82, 2.24) is 10.3 Å². The molecule has 2 atom stereocenters. The molecule has 0 bridgehead atoms. The molecule has 2 aliphatic rings. The number of Topliss-reactive ketones (excluding diaryl/α,β-unsaturated/α-hetero) is 1. The molecule has 0 fully saturated rings. The zero-order valence-electron chi connectivity index (χ0n) is 17.2. The number of carbonyl (C=O) groups is 1. The first-order valence-electron chi connectivity index (χ1n) is 10.1. The number of hydrogen-bond acceptors (Lipinski definition) is 8. The van der Waals surface area contributed by atoms with Crippen molar-refractivity contribution in [2.45, 2.75) is 24.8 Å². The van der Waals surface area contributed by atoms with Crippen LogP contribution in [0.5, 0.6) is 11.5 Å². The SMILES string of the molecule is COc1ccc([C@@H]2Nc3nonc3NC3=C2C(=O)C[C@@H](c2ccccc2)C3)c(OC)c1. The van der Waals surface area contributed by atoms with Crippen molar-refractivity contribution in [3.63, 3.8) is 0 Å². The van der Waals surface area contributed by atoms with Gasteiger partial charge in [-0.3, -0.25) is 4.79 Å². The van der Waals surface area contributed by atoms with Gasteiger partial charge < -0.3 is 20.1 Å². The van der Waals surface area contributed by atoms with Crippen LogP contribution >= 0.6 is 0 Å². The van der Waals surface area contributed by atoms with Crippen LogP contribution in [0.2, 0.25) is 0 Å². The van der Waals surface area contributed by atoms with Gasteiger partial charge in [-0.05, 0) is 40.3 Å². The van der Waals surface area contributed by atoms with Crippen LogP contribution in [0.1, 0.15) is 35.9 Å². The Bertz CT molecular complexity index is 1160. The zero-order chi connectivity index (χ0) is 21.4. The summed E-state index contributed by atoms with van der Waals surface area (Å²) in [7, 11) is 3.20. The van der Waals surface area contributed by atoms with Gasteiger partial charge >= 0.3 is 0 Å². The highest BCUT2D eigenvalue weighted by molar-refractivity contribution is 6.01. The fourth-order valence-corrected chi connectivity index (χ4v) is 4.35. The number of allylic oxidation sites excluding steroid dienone is 1. The Balaban J connectivity index is 1.62. The van der Waals surface area contributed by atoms with Gasteiger partial charge in [-0.25, -0.2) is 4.63 Å². The van der Waals surface area contributed by atoms with E-state index in [0.29, 0.717) is 41.5 Å². The maximum absolute atomic E-state index is 13.5. The Morgan fingerprint density at radius 1 is 1.00 bits per heavy atom. The van der Waals surface area contributed by atoms with Gasteiger partial charge in [0.25, 0.3) is 0 Å². The minimum atomic E-state index is -0.472. The van der Waals surface area contributed by atoms with Crippen molar-refractivity contribution in [1.29, 1.82) is 0 Å². The third-order valence-corrected chi connectivity index (χ3v) is 5.86. The first-order valence-corrected chi connectivity index (χ1v) is 10.1. The third kappa shape index (κ3) is 3.39. The van der Waals surface area contributed by atoms with Crippen molar-refractivity contribution in [2.24, 2.45) is 0 Å². The smallest absolute Gasteiger partial charge is 0.219 e. The molecule has 2 aromatic carbocycles. The molecule has 158 valence electrons. The van der Waals surface area contributed by atoms with Gasteiger partial charge in [0.05, 0.1) is 20.3 Å². The number of carbonyl (C=O) groups excluding carboxylic acids is 1. The fraction of sp³-hybridized carbons (Fsp3) is 0.261. The minimum Gasteiger partial charge on any atom is -0.497 e. The number of hydrogen-bond donors (Lipinski definition) is 2. The Kier molecular flexibility index (Phi) is 4.82. The molecule has 0 unspecified atom stereocenters. The first-order chi connectivity index (χ1) is 15.2. The molecule has 2 heterocycles. The number of aromatic nitrogens is 2. The molecule has 8 nitrogen and oxygen atoms in total. The largest absolute Gasteiger partial charge is 0.497 e. The molecule has 8 heteroatoms. The number of benzene rings is 2. The van der Waals surface area contributed by atoms with E-state index in [1.165, 1.54) is 0 Å². The molecule has 1 aliphatic heterocycles. The van der Waals surface area contributed by atoms with E-state index in [4.69, 9.17) is 14.1 Å². The summed E-state index contributed by atoms with van der Waals surface area (Å²) in [5, 5.41) is 14.6. The maximum Gasteiger partial charge on any atom is 0.219 e. The first kappa shape index (κ1) is 19.2. The van der Waals surface area contributed by atoms with E-state index < -0.39 is 6.04 Å². The van der Waals surface area contributed by atoms with Crippen LogP contribution in [-0.4, -0.2) is 30.3 Å². The average Bonchev–Trinajstić information content (AvgIpc) is 3.17. The lowest BCUT2D eigenvalue weighted by atomic mass is 9.78. The van der Waals surface area contributed by atoms with E-state index in [9.17, 15) is 4.79 Å². The zero-order valence-corrected chi connectivity index (χ0v) is 17.2. The Morgan fingerprint density at radius 2 is 1.81 bits per heavy atom. The van der Waals surface area contributed by atoms with Gasteiger partial charge in [-0.15, -0.1) is 0 Å². The predicted octanol–water partition coefficient (Wildman–Crippen LogP) is 4.07. The second-order valence-electron chi connectivity index (χ2n) is 7.60. The van der Waals surface area contributed by atoms with Crippen LogP contribution in [0.4, 0.5) is 11.6 Å². The summed E-state index contributed by atoms with van der Waals surface area (Å²) in [4.78, 5) is 13.5. The summed E-state index contributed by atoms with van der Waals surface area (Å²) < 4.78 is 15.9. The second-order valence-corrected chi connectivity index (χ2v) is 7.60. The Hall–Kier alpha value is -3.81. The van der Waals surface area contributed by atoms with Crippen molar-refractivity contribution >= 4 is 17.4 Å². The summed E-state index contributed by atoms with van der Waals surface area (Å²) in [6.45, 7) is 0. The molecule has 0 amide bonds. The maximum atomic E-state index is 13.5. The van der Waals surface area contributed by atoms with E-state index in [-0.39, 0.29) is 11.7 Å². The van der Waals surface area contributed by atoms with E-state index in [1.54, 1.807) is 20.3 Å². The van der Waals surface area contributed by atoms with Crippen LogP contribution in [0, 0.1) is 0 Å². The molecular formula is C23H22N4O4. The standard InChI is InChI=1S/C23H22N4O4/c1-29-15-8-9-16(19(12-15)30-2)21-20-17(24-22-23(25-21)27-31-26-22)10-14(11-18(20)28)13-6-4-3-5-7-13/h3-9,12,14,21H,10-11H2,1-2H3,(H,24,26)(H,25,27)/t14-,21-/m0/s1. The van der Waals surface area contributed by atoms with Crippen molar-refractivity contribution in [2.75, 3.05) is 24.9 Å². The lowest BCUT2D eigenvalue weighted by Gasteiger charge is -2.30. The molecule has 0 spiro atoms. The summed E-state index contributed by atoms with van der Waals surface area (Å²) in [5.74, 6) is 2.34. The Labute approximate surface area is 179 Å². The summed E-state index contributed by atoms with van der Waals surface area (Å²) >= 11 is 0. The molecule has 0 saturated heterocycles. The van der Waals surface area contributed by atoms with E-state index >= 15 is 0 Å². The normalized spacial score (nSPS) is 20.1. The lowest BCUT2D eigenvalue weighted by molar-refractivity contribution is -0.116. The molecule has 2 N–H and O–H groups in total. The van der Waals surface area contributed by atoms with Gasteiger partial charge in [-0.2, -0.15) is 0 Å². The highest BCUT2D eigenvalue weighted by atomic mass is 16.6. The summed E-state index contributed by atoms with van der Waals surface area (Å²) in [6.07, 6.45) is 1.10. The third-order valence-electron chi connectivity index (χ3n) is 5.86. The van der Waals surface area contributed by atoms with Crippen LogP contribution in [0.15, 0.2) is 64.4 Å². The van der Waals surface area contributed by atoms with Crippen LogP contribution in [-0.2, 0) is 4.79 Å². The quantitative estimate of drug-likeness (QED) is 0.654. The average molecular weight is 418 g/mol. The van der Waals surface area contributed by atoms with Gasteiger partial charge in [0.1, 0.15) is 11.5 Å². The number of nitrogens with one attached hydrogen (secondary N) is 2. The molecule has 1 aromatic heterocycles. The molecule has 31 heavy (non-hydrogen) atoms. The minimum absolute atomic E-state index is 0.0695. The molecular weight excluding hydrogens is 396 g/mol. The van der Waals surface area contributed by atoms with E-state index in [1.807, 2.05) is 30.3 Å². The number of fused-ring (bicyclic) bond motifs is 1. The van der Waals surface area contributed by atoms with E-state index in [0.717, 1.165) is 16.8 Å². The van der Waals surface area contributed by atoms with Gasteiger partial charge in [0.2, 0.25) is 11.6 Å². The molecule has 5 rings (SSSR count).